The average molecular weight is 179 g/mol. The molecule has 0 saturated heterocycles. The van der Waals surface area contributed by atoms with E-state index in [4.69, 9.17) is 5.73 Å². The Kier molecular flexibility index (Phi) is 2.08. The first-order chi connectivity index (χ1) is 6.18. The highest BCUT2D eigenvalue weighted by Crippen LogP contribution is 2.32. The lowest BCUT2D eigenvalue weighted by molar-refractivity contribution is 0.409. The molecule has 1 aliphatic carbocycles. The Labute approximate surface area is 77.8 Å². The number of aryl methyl sites for hydroxylation is 1. The van der Waals surface area contributed by atoms with E-state index in [0.29, 0.717) is 5.92 Å². The predicted molar refractivity (Wildman–Crippen MR) is 50.8 cm³/mol. The topological polar surface area (TPSA) is 26.0 Å². The third kappa shape index (κ3) is 1.46. The van der Waals surface area contributed by atoms with Crippen molar-refractivity contribution < 1.29 is 4.39 Å². The molecule has 0 saturated carbocycles. The van der Waals surface area contributed by atoms with E-state index in [-0.39, 0.29) is 11.9 Å². The van der Waals surface area contributed by atoms with Crippen molar-refractivity contribution >= 4 is 0 Å². The molecule has 0 spiro atoms. The van der Waals surface area contributed by atoms with E-state index in [1.54, 1.807) is 6.07 Å². The summed E-state index contributed by atoms with van der Waals surface area (Å²) in [5, 5.41) is 0. The molecule has 2 atom stereocenters. The largest absolute Gasteiger partial charge is 0.324 e. The monoisotopic (exact) mass is 179 g/mol. The molecule has 2 heteroatoms. The maximum atomic E-state index is 12.9. The summed E-state index contributed by atoms with van der Waals surface area (Å²) in [5.41, 5.74) is 8.21. The first kappa shape index (κ1) is 8.70. The van der Waals surface area contributed by atoms with E-state index in [9.17, 15) is 4.39 Å². The second kappa shape index (κ2) is 3.11. The fraction of sp³-hybridized carbons (Fsp3) is 0.455. The lowest BCUT2D eigenvalue weighted by Crippen LogP contribution is -2.25. The summed E-state index contributed by atoms with van der Waals surface area (Å²) in [4.78, 5) is 0. The van der Waals surface area contributed by atoms with E-state index >= 15 is 0 Å². The van der Waals surface area contributed by atoms with Gasteiger partial charge in [-0.25, -0.2) is 4.39 Å². The Balaban J connectivity index is 2.45. The molecule has 0 bridgehead atoms. The zero-order valence-electron chi connectivity index (χ0n) is 7.76. The Morgan fingerprint density at radius 2 is 2.23 bits per heavy atom. The molecular weight excluding hydrogens is 165 g/mol. The number of hydrogen-bond donors (Lipinski definition) is 1. The molecule has 1 nitrogen and oxygen atoms in total. The number of benzene rings is 1. The van der Waals surface area contributed by atoms with Crippen LogP contribution < -0.4 is 5.73 Å². The molecule has 0 aromatic heterocycles. The minimum atomic E-state index is -0.177. The van der Waals surface area contributed by atoms with E-state index in [1.165, 1.54) is 11.6 Å². The molecular formula is C11H14FN. The Morgan fingerprint density at radius 3 is 3.00 bits per heavy atom. The second-order valence-corrected chi connectivity index (χ2v) is 3.88. The summed E-state index contributed by atoms with van der Waals surface area (Å²) in [7, 11) is 0. The van der Waals surface area contributed by atoms with Gasteiger partial charge in [0.15, 0.2) is 0 Å². The van der Waals surface area contributed by atoms with Gasteiger partial charge in [-0.3, -0.25) is 0 Å². The van der Waals surface area contributed by atoms with Gasteiger partial charge in [0, 0.05) is 6.04 Å². The van der Waals surface area contributed by atoms with Crippen LogP contribution in [-0.4, -0.2) is 0 Å². The molecule has 0 aliphatic heterocycles. The summed E-state index contributed by atoms with van der Waals surface area (Å²) < 4.78 is 12.9. The van der Waals surface area contributed by atoms with Crippen LogP contribution in [0.15, 0.2) is 18.2 Å². The molecule has 2 unspecified atom stereocenters. The quantitative estimate of drug-likeness (QED) is 0.650. The van der Waals surface area contributed by atoms with Crippen molar-refractivity contribution in [3.05, 3.63) is 35.1 Å². The van der Waals surface area contributed by atoms with Crippen LogP contribution in [0.25, 0.3) is 0 Å². The standard InChI is InChI=1S/C11H14FN/c1-7-2-3-8-4-5-9(12)6-10(8)11(7)13/h4-7,11H,2-3,13H2,1H3. The van der Waals surface area contributed by atoms with E-state index in [1.807, 2.05) is 6.07 Å². The van der Waals surface area contributed by atoms with Crippen molar-refractivity contribution in [1.82, 2.24) is 0 Å². The van der Waals surface area contributed by atoms with Crippen LogP contribution in [0.5, 0.6) is 0 Å². The van der Waals surface area contributed by atoms with Crippen molar-refractivity contribution in [2.75, 3.05) is 0 Å². The molecule has 0 radical (unpaired) electrons. The van der Waals surface area contributed by atoms with Gasteiger partial charge < -0.3 is 5.73 Å². The molecule has 1 aliphatic rings. The van der Waals surface area contributed by atoms with E-state index in [2.05, 4.69) is 6.92 Å². The van der Waals surface area contributed by atoms with Gasteiger partial charge in [0.05, 0.1) is 0 Å². The fourth-order valence-electron chi connectivity index (χ4n) is 1.97. The van der Waals surface area contributed by atoms with Gasteiger partial charge in [0.25, 0.3) is 0 Å². The molecule has 1 aromatic rings. The van der Waals surface area contributed by atoms with Crippen molar-refractivity contribution in [2.45, 2.75) is 25.8 Å². The summed E-state index contributed by atoms with van der Waals surface area (Å²) in [6, 6.07) is 4.97. The van der Waals surface area contributed by atoms with Gasteiger partial charge in [-0.15, -0.1) is 0 Å². The first-order valence-corrected chi connectivity index (χ1v) is 4.72. The summed E-state index contributed by atoms with van der Waals surface area (Å²) in [6.07, 6.45) is 2.14. The smallest absolute Gasteiger partial charge is 0.123 e. The highest BCUT2D eigenvalue weighted by atomic mass is 19.1. The van der Waals surface area contributed by atoms with Crippen LogP contribution in [0.4, 0.5) is 4.39 Å². The molecule has 0 fully saturated rings. The average Bonchev–Trinajstić information content (AvgIpc) is 2.12. The highest BCUT2D eigenvalue weighted by Gasteiger charge is 2.23. The van der Waals surface area contributed by atoms with Crippen LogP contribution in [0, 0.1) is 11.7 Å². The summed E-state index contributed by atoms with van der Waals surface area (Å²) in [6.45, 7) is 2.12. The van der Waals surface area contributed by atoms with Gasteiger partial charge in [-0.2, -0.15) is 0 Å². The van der Waals surface area contributed by atoms with Crippen LogP contribution in [0.2, 0.25) is 0 Å². The molecule has 13 heavy (non-hydrogen) atoms. The molecule has 70 valence electrons. The van der Waals surface area contributed by atoms with Gasteiger partial charge in [-0.05, 0) is 42.0 Å². The third-order valence-corrected chi connectivity index (χ3v) is 2.95. The normalized spacial score (nSPS) is 27.0. The number of nitrogens with two attached hydrogens (primary N) is 1. The van der Waals surface area contributed by atoms with Gasteiger partial charge >= 0.3 is 0 Å². The second-order valence-electron chi connectivity index (χ2n) is 3.88. The van der Waals surface area contributed by atoms with Crippen molar-refractivity contribution in [1.29, 1.82) is 0 Å². The minimum absolute atomic E-state index is 0.0134. The van der Waals surface area contributed by atoms with Gasteiger partial charge in [-0.1, -0.05) is 13.0 Å². The van der Waals surface area contributed by atoms with Crippen LogP contribution >= 0.6 is 0 Å². The number of hydrogen-bond acceptors (Lipinski definition) is 1. The number of halogens is 1. The van der Waals surface area contributed by atoms with Crippen LogP contribution in [0.1, 0.15) is 30.5 Å². The SMILES string of the molecule is CC1CCc2ccc(F)cc2C1N. The fourth-order valence-corrected chi connectivity index (χ4v) is 1.97. The zero-order chi connectivity index (χ0) is 9.42. The summed E-state index contributed by atoms with van der Waals surface area (Å²) >= 11 is 0. The predicted octanol–water partition coefficient (Wildman–Crippen LogP) is 2.41. The highest BCUT2D eigenvalue weighted by molar-refractivity contribution is 5.33. The molecule has 0 heterocycles. The lowest BCUT2D eigenvalue weighted by atomic mass is 9.81. The molecule has 2 N–H and O–H groups in total. The van der Waals surface area contributed by atoms with Crippen molar-refractivity contribution in [3.8, 4) is 0 Å². The van der Waals surface area contributed by atoms with Crippen molar-refractivity contribution in [2.24, 2.45) is 11.7 Å². The molecule has 2 rings (SSSR count). The zero-order valence-corrected chi connectivity index (χ0v) is 7.76. The van der Waals surface area contributed by atoms with Gasteiger partial charge in [0.1, 0.15) is 5.82 Å². The maximum Gasteiger partial charge on any atom is 0.123 e. The molecule has 0 amide bonds. The number of fused-ring (bicyclic) bond motifs is 1. The molecule has 1 aromatic carbocycles. The van der Waals surface area contributed by atoms with Gasteiger partial charge in [0.2, 0.25) is 0 Å². The van der Waals surface area contributed by atoms with E-state index < -0.39 is 0 Å². The van der Waals surface area contributed by atoms with Crippen molar-refractivity contribution in [3.63, 3.8) is 0 Å². The minimum Gasteiger partial charge on any atom is -0.324 e. The number of rotatable bonds is 0. The third-order valence-electron chi connectivity index (χ3n) is 2.95. The lowest BCUT2D eigenvalue weighted by Gasteiger charge is -2.28. The maximum absolute atomic E-state index is 12.9. The van der Waals surface area contributed by atoms with E-state index in [0.717, 1.165) is 18.4 Å². The first-order valence-electron chi connectivity index (χ1n) is 4.72. The summed E-state index contributed by atoms with van der Waals surface area (Å²) in [5.74, 6) is 0.289. The van der Waals surface area contributed by atoms with Crippen LogP contribution in [-0.2, 0) is 6.42 Å². The van der Waals surface area contributed by atoms with Crippen LogP contribution in [0.3, 0.4) is 0 Å². The Bertz CT molecular complexity index is 322. The Morgan fingerprint density at radius 1 is 1.46 bits per heavy atom. The Hall–Kier alpha value is -0.890.